The number of aromatic amines is 1. The zero-order chi connectivity index (χ0) is 18.8. The summed E-state index contributed by atoms with van der Waals surface area (Å²) in [5.41, 5.74) is 0.0116. The van der Waals surface area contributed by atoms with Gasteiger partial charge >= 0.3 is 5.69 Å². The molecule has 0 amide bonds. The van der Waals surface area contributed by atoms with Crippen molar-refractivity contribution in [3.05, 3.63) is 55.7 Å². The second kappa shape index (κ2) is 7.32. The van der Waals surface area contributed by atoms with Crippen molar-refractivity contribution < 1.29 is 10.2 Å². The van der Waals surface area contributed by atoms with E-state index in [9.17, 15) is 14.7 Å². The predicted octanol–water partition coefficient (Wildman–Crippen LogP) is -0.110. The van der Waals surface area contributed by atoms with Crippen LogP contribution in [0.4, 0.5) is 5.95 Å². The molecule has 0 aliphatic heterocycles. The third-order valence-corrected chi connectivity index (χ3v) is 4.37. The molecule has 10 heteroatoms. The Labute approximate surface area is 152 Å². The highest BCUT2D eigenvalue weighted by Crippen LogP contribution is 2.21. The topological polar surface area (TPSA) is 125 Å². The van der Waals surface area contributed by atoms with Gasteiger partial charge in [0, 0.05) is 18.6 Å². The SMILES string of the molecule is Cn1c(=O)[nH]c(=O)c2c1nc(NCC(O)CO)n2Cc1ccccc1Cl. The molecule has 2 aromatic heterocycles. The van der Waals surface area contributed by atoms with Crippen LogP contribution in [0, 0.1) is 0 Å². The summed E-state index contributed by atoms with van der Waals surface area (Å²) in [6.45, 7) is -0.167. The molecule has 0 bridgehead atoms. The maximum atomic E-state index is 12.4. The van der Waals surface area contributed by atoms with Gasteiger partial charge in [-0.15, -0.1) is 0 Å². The molecule has 1 atom stereocenters. The molecule has 0 spiro atoms. The van der Waals surface area contributed by atoms with Gasteiger partial charge in [-0.3, -0.25) is 18.9 Å². The van der Waals surface area contributed by atoms with Crippen LogP contribution in [0.15, 0.2) is 33.9 Å². The lowest BCUT2D eigenvalue weighted by molar-refractivity contribution is 0.105. The van der Waals surface area contributed by atoms with Gasteiger partial charge in [0.25, 0.3) is 5.56 Å². The number of hydrogen-bond donors (Lipinski definition) is 4. The van der Waals surface area contributed by atoms with Crippen molar-refractivity contribution in [2.75, 3.05) is 18.5 Å². The first kappa shape index (κ1) is 18.2. The predicted molar refractivity (Wildman–Crippen MR) is 97.7 cm³/mol. The maximum absolute atomic E-state index is 12.4. The van der Waals surface area contributed by atoms with Crippen molar-refractivity contribution >= 4 is 28.7 Å². The van der Waals surface area contributed by atoms with Gasteiger partial charge in [-0.05, 0) is 11.6 Å². The Morgan fingerprint density at radius 1 is 1.35 bits per heavy atom. The van der Waals surface area contributed by atoms with Gasteiger partial charge < -0.3 is 15.5 Å². The highest BCUT2D eigenvalue weighted by Gasteiger charge is 2.18. The second-order valence-electron chi connectivity index (χ2n) is 5.82. The van der Waals surface area contributed by atoms with Crippen LogP contribution in [-0.4, -0.2) is 48.6 Å². The zero-order valence-corrected chi connectivity index (χ0v) is 14.7. The number of imidazole rings is 1. The normalized spacial score (nSPS) is 12.5. The average Bonchev–Trinajstić information content (AvgIpc) is 2.98. The number of hydrogen-bond acceptors (Lipinski definition) is 6. The molecular formula is C16H18ClN5O4. The number of nitrogens with zero attached hydrogens (tertiary/aromatic N) is 3. The molecule has 0 saturated heterocycles. The highest BCUT2D eigenvalue weighted by atomic mass is 35.5. The molecule has 3 rings (SSSR count). The van der Waals surface area contributed by atoms with Crippen LogP contribution in [0.2, 0.25) is 5.02 Å². The summed E-state index contributed by atoms with van der Waals surface area (Å²) in [5.74, 6) is 0.277. The first-order chi connectivity index (χ1) is 12.4. The Balaban J connectivity index is 2.16. The fraction of sp³-hybridized carbons (Fsp3) is 0.312. The fourth-order valence-electron chi connectivity index (χ4n) is 2.59. The third-order valence-electron chi connectivity index (χ3n) is 4.00. The Hall–Kier alpha value is -2.62. The Morgan fingerprint density at radius 2 is 2.08 bits per heavy atom. The van der Waals surface area contributed by atoms with Crippen molar-refractivity contribution in [3.8, 4) is 0 Å². The smallest absolute Gasteiger partial charge is 0.329 e. The monoisotopic (exact) mass is 379 g/mol. The number of aryl methyl sites for hydroxylation is 1. The molecule has 1 unspecified atom stereocenters. The van der Waals surface area contributed by atoms with Crippen LogP contribution in [0.1, 0.15) is 5.56 Å². The molecule has 0 radical (unpaired) electrons. The lowest BCUT2D eigenvalue weighted by Crippen LogP contribution is -2.29. The summed E-state index contributed by atoms with van der Waals surface area (Å²) in [7, 11) is 1.50. The maximum Gasteiger partial charge on any atom is 0.329 e. The largest absolute Gasteiger partial charge is 0.394 e. The molecule has 26 heavy (non-hydrogen) atoms. The van der Waals surface area contributed by atoms with Crippen LogP contribution in [0.3, 0.4) is 0 Å². The lowest BCUT2D eigenvalue weighted by Gasteiger charge is -2.13. The standard InChI is InChI=1S/C16H18ClN5O4/c1-21-13-12(14(25)20-16(21)26)22(7-9-4-2-3-5-11(9)17)15(19-13)18-6-10(24)8-23/h2-5,10,23-24H,6-8H2,1H3,(H,18,19)(H,20,25,26). The number of fused-ring (bicyclic) bond motifs is 1. The number of H-pyrrole nitrogens is 1. The minimum Gasteiger partial charge on any atom is -0.394 e. The van der Waals surface area contributed by atoms with E-state index in [0.717, 1.165) is 5.56 Å². The van der Waals surface area contributed by atoms with Crippen LogP contribution < -0.4 is 16.6 Å². The van der Waals surface area contributed by atoms with Gasteiger partial charge in [0.2, 0.25) is 5.95 Å². The van der Waals surface area contributed by atoms with Crippen LogP contribution in [-0.2, 0) is 13.6 Å². The van der Waals surface area contributed by atoms with E-state index in [0.29, 0.717) is 5.02 Å². The number of halogens is 1. The van der Waals surface area contributed by atoms with Crippen molar-refractivity contribution in [3.63, 3.8) is 0 Å². The van der Waals surface area contributed by atoms with Gasteiger partial charge in [0.1, 0.15) is 0 Å². The van der Waals surface area contributed by atoms with Gasteiger partial charge in [0.05, 0.1) is 19.3 Å². The van der Waals surface area contributed by atoms with Crippen molar-refractivity contribution in [1.82, 2.24) is 19.1 Å². The van der Waals surface area contributed by atoms with E-state index in [1.54, 1.807) is 16.7 Å². The van der Waals surface area contributed by atoms with E-state index < -0.39 is 24.0 Å². The summed E-state index contributed by atoms with van der Waals surface area (Å²) >= 11 is 6.22. The van der Waals surface area contributed by atoms with Gasteiger partial charge in [0.15, 0.2) is 11.2 Å². The summed E-state index contributed by atoms with van der Waals surface area (Å²) in [5, 5.41) is 22.0. The minimum atomic E-state index is -0.995. The molecule has 0 saturated carbocycles. The molecule has 9 nitrogen and oxygen atoms in total. The molecule has 2 heterocycles. The molecule has 0 aliphatic carbocycles. The van der Waals surface area contributed by atoms with E-state index in [1.165, 1.54) is 11.6 Å². The van der Waals surface area contributed by atoms with E-state index in [2.05, 4.69) is 15.3 Å². The minimum absolute atomic E-state index is 0.0220. The van der Waals surface area contributed by atoms with E-state index in [1.807, 2.05) is 12.1 Å². The van der Waals surface area contributed by atoms with Crippen LogP contribution in [0.25, 0.3) is 11.2 Å². The Kier molecular flexibility index (Phi) is 5.12. The van der Waals surface area contributed by atoms with Gasteiger partial charge in [-0.1, -0.05) is 29.8 Å². The summed E-state index contributed by atoms with van der Waals surface area (Å²) in [4.78, 5) is 30.8. The highest BCUT2D eigenvalue weighted by molar-refractivity contribution is 6.31. The first-order valence-corrected chi connectivity index (χ1v) is 8.26. The second-order valence-corrected chi connectivity index (χ2v) is 6.23. The van der Waals surface area contributed by atoms with Crippen LogP contribution in [0.5, 0.6) is 0 Å². The van der Waals surface area contributed by atoms with E-state index in [4.69, 9.17) is 16.7 Å². The molecule has 0 fully saturated rings. The summed E-state index contributed by atoms with van der Waals surface area (Å²) in [6.07, 6.45) is -0.995. The number of anilines is 1. The van der Waals surface area contributed by atoms with Crippen molar-refractivity contribution in [1.29, 1.82) is 0 Å². The van der Waals surface area contributed by atoms with E-state index in [-0.39, 0.29) is 30.2 Å². The third kappa shape index (κ3) is 3.36. The van der Waals surface area contributed by atoms with Gasteiger partial charge in [-0.25, -0.2) is 4.79 Å². The number of benzene rings is 1. The molecule has 4 N–H and O–H groups in total. The van der Waals surface area contributed by atoms with Crippen molar-refractivity contribution in [2.24, 2.45) is 7.05 Å². The van der Waals surface area contributed by atoms with E-state index >= 15 is 0 Å². The zero-order valence-electron chi connectivity index (χ0n) is 13.9. The molecule has 1 aromatic carbocycles. The number of nitrogens with one attached hydrogen (secondary N) is 2. The van der Waals surface area contributed by atoms with Crippen LogP contribution >= 0.6 is 11.6 Å². The lowest BCUT2D eigenvalue weighted by atomic mass is 10.2. The summed E-state index contributed by atoms with van der Waals surface area (Å²) < 4.78 is 2.81. The quantitative estimate of drug-likeness (QED) is 0.473. The summed E-state index contributed by atoms with van der Waals surface area (Å²) in [6, 6.07) is 7.17. The molecule has 3 aromatic rings. The molecule has 0 aliphatic rings. The Morgan fingerprint density at radius 3 is 2.77 bits per heavy atom. The number of rotatable bonds is 6. The number of aliphatic hydroxyl groups excluding tert-OH is 2. The molecule has 138 valence electrons. The van der Waals surface area contributed by atoms with Crippen molar-refractivity contribution in [2.45, 2.75) is 12.6 Å². The van der Waals surface area contributed by atoms with Gasteiger partial charge in [-0.2, -0.15) is 4.98 Å². The average molecular weight is 380 g/mol. The number of aliphatic hydroxyl groups is 2. The first-order valence-electron chi connectivity index (χ1n) is 7.88. The fourth-order valence-corrected chi connectivity index (χ4v) is 2.79. The Bertz CT molecular complexity index is 1050. The molecular weight excluding hydrogens is 362 g/mol. The number of aromatic nitrogens is 4.